The molecule has 0 saturated carbocycles. The van der Waals surface area contributed by atoms with Crippen molar-refractivity contribution in [2.45, 2.75) is 37.6 Å². The van der Waals surface area contributed by atoms with Crippen LogP contribution in [0.2, 0.25) is 0 Å². The molecule has 0 bridgehead atoms. The van der Waals surface area contributed by atoms with E-state index in [2.05, 4.69) is 20.1 Å². The lowest BCUT2D eigenvalue weighted by molar-refractivity contribution is 0.306. The third-order valence-corrected chi connectivity index (χ3v) is 6.91. The third-order valence-electron chi connectivity index (χ3n) is 5.06. The lowest BCUT2D eigenvalue weighted by Gasteiger charge is -2.31. The van der Waals surface area contributed by atoms with Gasteiger partial charge in [-0.05, 0) is 18.4 Å². The molecule has 1 fully saturated rings. The Morgan fingerprint density at radius 3 is 2.60 bits per heavy atom. The van der Waals surface area contributed by atoms with Gasteiger partial charge in [0.05, 0.1) is 12.3 Å². The molecule has 1 N–H and O–H groups in total. The van der Waals surface area contributed by atoms with Gasteiger partial charge in [0.25, 0.3) is 0 Å². The molecule has 8 heteroatoms. The molecule has 2 aliphatic heterocycles. The van der Waals surface area contributed by atoms with Crippen molar-refractivity contribution < 1.29 is 8.42 Å². The van der Waals surface area contributed by atoms with E-state index in [0.717, 1.165) is 49.7 Å². The minimum absolute atomic E-state index is 0.0739. The molecule has 1 saturated heterocycles. The Kier molecular flexibility index (Phi) is 4.58. The Hall–Kier alpha value is -1.77. The summed E-state index contributed by atoms with van der Waals surface area (Å²) < 4.78 is 29.2. The first-order valence-corrected chi connectivity index (χ1v) is 10.4. The summed E-state index contributed by atoms with van der Waals surface area (Å²) in [6.45, 7) is 3.70. The maximum absolute atomic E-state index is 12.7. The smallest absolute Gasteiger partial charge is 0.218 e. The van der Waals surface area contributed by atoms with Crippen molar-refractivity contribution in [3.63, 3.8) is 0 Å². The Morgan fingerprint density at radius 2 is 1.84 bits per heavy atom. The molecular weight excluding hydrogens is 338 g/mol. The SMILES string of the molecule is O=S(=O)(Cc1ccccc1)N1CCC(c2nnc3n2CCNC3)CC1. The third kappa shape index (κ3) is 3.47. The molecule has 0 radical (unpaired) electrons. The molecule has 25 heavy (non-hydrogen) atoms. The van der Waals surface area contributed by atoms with E-state index in [0.29, 0.717) is 19.0 Å². The Labute approximate surface area is 148 Å². The zero-order valence-electron chi connectivity index (χ0n) is 14.1. The molecule has 4 rings (SSSR count). The van der Waals surface area contributed by atoms with Gasteiger partial charge in [-0.3, -0.25) is 0 Å². The van der Waals surface area contributed by atoms with Crippen molar-refractivity contribution >= 4 is 10.0 Å². The van der Waals surface area contributed by atoms with E-state index in [1.54, 1.807) is 4.31 Å². The highest BCUT2D eigenvalue weighted by molar-refractivity contribution is 7.88. The summed E-state index contributed by atoms with van der Waals surface area (Å²) in [6.07, 6.45) is 1.61. The maximum atomic E-state index is 12.7. The fraction of sp³-hybridized carbons (Fsp3) is 0.529. The summed E-state index contributed by atoms with van der Waals surface area (Å²) in [5.74, 6) is 2.38. The molecule has 3 heterocycles. The first-order chi connectivity index (χ1) is 12.1. The topological polar surface area (TPSA) is 80.1 Å². The summed E-state index contributed by atoms with van der Waals surface area (Å²) in [4.78, 5) is 0. The van der Waals surface area contributed by atoms with Crippen LogP contribution in [0.4, 0.5) is 0 Å². The summed E-state index contributed by atoms with van der Waals surface area (Å²) in [6, 6.07) is 9.37. The van der Waals surface area contributed by atoms with Crippen LogP contribution in [0, 0.1) is 0 Å². The Balaban J connectivity index is 1.42. The average Bonchev–Trinajstić information content (AvgIpc) is 3.06. The number of rotatable bonds is 4. The largest absolute Gasteiger partial charge is 0.312 e. The van der Waals surface area contributed by atoms with E-state index in [-0.39, 0.29) is 5.75 Å². The molecule has 1 aromatic carbocycles. The summed E-state index contributed by atoms with van der Waals surface area (Å²) in [5.41, 5.74) is 0.837. The molecule has 0 atom stereocenters. The average molecular weight is 361 g/mol. The first-order valence-electron chi connectivity index (χ1n) is 8.78. The number of aromatic nitrogens is 3. The highest BCUT2D eigenvalue weighted by atomic mass is 32.2. The second-order valence-corrected chi connectivity index (χ2v) is 8.69. The Morgan fingerprint density at radius 1 is 1.08 bits per heavy atom. The molecule has 0 unspecified atom stereocenters. The number of benzene rings is 1. The van der Waals surface area contributed by atoms with E-state index < -0.39 is 10.0 Å². The minimum Gasteiger partial charge on any atom is -0.312 e. The molecule has 0 amide bonds. The fourth-order valence-electron chi connectivity index (χ4n) is 3.68. The van der Waals surface area contributed by atoms with Crippen molar-refractivity contribution in [1.29, 1.82) is 0 Å². The maximum Gasteiger partial charge on any atom is 0.218 e. The number of hydrogen-bond donors (Lipinski definition) is 1. The van der Waals surface area contributed by atoms with Gasteiger partial charge < -0.3 is 9.88 Å². The van der Waals surface area contributed by atoms with Gasteiger partial charge in [-0.2, -0.15) is 0 Å². The van der Waals surface area contributed by atoms with E-state index >= 15 is 0 Å². The second kappa shape index (κ2) is 6.86. The molecule has 0 aliphatic carbocycles. The van der Waals surface area contributed by atoms with Gasteiger partial charge in [0, 0.05) is 32.1 Å². The number of fused-ring (bicyclic) bond motifs is 1. The molecule has 7 nitrogen and oxygen atoms in total. The first kappa shape index (κ1) is 16.7. The van der Waals surface area contributed by atoms with Gasteiger partial charge in [0.1, 0.15) is 11.6 Å². The van der Waals surface area contributed by atoms with Crippen molar-refractivity contribution in [2.75, 3.05) is 19.6 Å². The van der Waals surface area contributed by atoms with Gasteiger partial charge in [-0.1, -0.05) is 30.3 Å². The highest BCUT2D eigenvalue weighted by Crippen LogP contribution is 2.29. The number of sulfonamides is 1. The number of nitrogens with one attached hydrogen (secondary N) is 1. The number of piperidine rings is 1. The quantitative estimate of drug-likeness (QED) is 0.882. The zero-order chi connectivity index (χ0) is 17.3. The number of nitrogens with zero attached hydrogens (tertiary/aromatic N) is 4. The van der Waals surface area contributed by atoms with E-state index in [1.165, 1.54) is 0 Å². The molecule has 0 spiro atoms. The molecule has 2 aromatic rings. The van der Waals surface area contributed by atoms with Crippen LogP contribution in [0.3, 0.4) is 0 Å². The fourth-order valence-corrected chi connectivity index (χ4v) is 5.25. The predicted octanol–water partition coefficient (Wildman–Crippen LogP) is 1.09. The van der Waals surface area contributed by atoms with Crippen LogP contribution in [0.15, 0.2) is 30.3 Å². The van der Waals surface area contributed by atoms with Crippen molar-refractivity contribution in [1.82, 2.24) is 24.4 Å². The second-order valence-electron chi connectivity index (χ2n) is 6.72. The van der Waals surface area contributed by atoms with E-state index in [1.807, 2.05) is 30.3 Å². The van der Waals surface area contributed by atoms with Crippen LogP contribution in [-0.2, 0) is 28.9 Å². The normalized spacial score (nSPS) is 19.7. The molecule has 1 aromatic heterocycles. The van der Waals surface area contributed by atoms with Crippen molar-refractivity contribution in [2.24, 2.45) is 0 Å². The Bertz CT molecular complexity index is 826. The minimum atomic E-state index is -3.27. The molecular formula is C17H23N5O2S. The van der Waals surface area contributed by atoms with Crippen molar-refractivity contribution in [3.8, 4) is 0 Å². The number of hydrogen-bond acceptors (Lipinski definition) is 5. The monoisotopic (exact) mass is 361 g/mol. The van der Waals surface area contributed by atoms with Gasteiger partial charge in [-0.15, -0.1) is 10.2 Å². The summed E-state index contributed by atoms with van der Waals surface area (Å²) in [7, 11) is -3.27. The van der Waals surface area contributed by atoms with Gasteiger partial charge in [-0.25, -0.2) is 12.7 Å². The molecule has 134 valence electrons. The molecule has 2 aliphatic rings. The van der Waals surface area contributed by atoms with Crippen LogP contribution in [0.25, 0.3) is 0 Å². The standard InChI is InChI=1S/C17H23N5O2S/c23-25(24,13-14-4-2-1-3-5-14)21-9-6-15(7-10-21)17-20-19-16-12-18-8-11-22(16)17/h1-5,15,18H,6-13H2. The lowest BCUT2D eigenvalue weighted by atomic mass is 9.97. The predicted molar refractivity (Wildman–Crippen MR) is 94.3 cm³/mol. The van der Waals surface area contributed by atoms with Gasteiger partial charge in [0.15, 0.2) is 0 Å². The van der Waals surface area contributed by atoms with E-state index in [4.69, 9.17) is 0 Å². The van der Waals surface area contributed by atoms with Gasteiger partial charge in [0.2, 0.25) is 10.0 Å². The van der Waals surface area contributed by atoms with Crippen LogP contribution in [0.5, 0.6) is 0 Å². The van der Waals surface area contributed by atoms with Crippen LogP contribution < -0.4 is 5.32 Å². The van der Waals surface area contributed by atoms with Gasteiger partial charge >= 0.3 is 0 Å². The van der Waals surface area contributed by atoms with Crippen LogP contribution in [0.1, 0.15) is 36.0 Å². The zero-order valence-corrected chi connectivity index (χ0v) is 15.0. The van der Waals surface area contributed by atoms with Crippen LogP contribution >= 0.6 is 0 Å². The highest BCUT2D eigenvalue weighted by Gasteiger charge is 2.31. The van der Waals surface area contributed by atoms with Crippen LogP contribution in [-0.4, -0.2) is 47.1 Å². The summed E-state index contributed by atoms with van der Waals surface area (Å²) >= 11 is 0. The summed E-state index contributed by atoms with van der Waals surface area (Å²) in [5, 5.41) is 12.0. The lowest BCUT2D eigenvalue weighted by Crippen LogP contribution is -2.39. The van der Waals surface area contributed by atoms with Crippen molar-refractivity contribution in [3.05, 3.63) is 47.5 Å². The van der Waals surface area contributed by atoms with E-state index in [9.17, 15) is 8.42 Å².